The molecular weight excluding hydrogens is 228 g/mol. The third-order valence-electron chi connectivity index (χ3n) is 1.98. The third-order valence-corrected chi connectivity index (χ3v) is 2.31. The van der Waals surface area contributed by atoms with Gasteiger partial charge in [0.05, 0.1) is 5.71 Å². The molecule has 0 bridgehead atoms. The minimum Gasteiger partial charge on any atom is -0.383 e. The van der Waals surface area contributed by atoms with Crippen LogP contribution in [-0.2, 0) is 4.79 Å². The molecule has 2 N–H and O–H groups in total. The summed E-state index contributed by atoms with van der Waals surface area (Å²) in [6.07, 6.45) is -1.08. The number of aliphatic hydroxyl groups excluding tert-OH is 1. The number of hydrogen-bond donors (Lipinski definition) is 2. The van der Waals surface area contributed by atoms with Gasteiger partial charge in [0.25, 0.3) is 5.91 Å². The quantitative estimate of drug-likeness (QED) is 0.622. The number of carbonyl (C=O) groups excluding carboxylic acids is 1. The van der Waals surface area contributed by atoms with Crippen molar-refractivity contribution in [3.63, 3.8) is 0 Å². The number of rotatable bonds is 3. The van der Waals surface area contributed by atoms with Crippen molar-refractivity contribution in [2.24, 2.45) is 5.10 Å². The summed E-state index contributed by atoms with van der Waals surface area (Å²) in [5, 5.41) is 13.4. The van der Waals surface area contributed by atoms with E-state index in [1.54, 1.807) is 19.1 Å². The Hall–Kier alpha value is -1.39. The number of aliphatic hydroxyl groups is 1. The molecule has 1 unspecified atom stereocenters. The topological polar surface area (TPSA) is 61.7 Å². The summed E-state index contributed by atoms with van der Waals surface area (Å²) in [4.78, 5) is 11.1. The van der Waals surface area contributed by atoms with Crippen molar-refractivity contribution in [3.05, 3.63) is 34.9 Å². The number of hydrogen-bond acceptors (Lipinski definition) is 3. The van der Waals surface area contributed by atoms with Gasteiger partial charge in [0, 0.05) is 10.6 Å². The van der Waals surface area contributed by atoms with Crippen LogP contribution in [0.5, 0.6) is 0 Å². The van der Waals surface area contributed by atoms with Crippen molar-refractivity contribution in [3.8, 4) is 0 Å². The van der Waals surface area contributed by atoms with Crippen LogP contribution in [-0.4, -0.2) is 22.8 Å². The maximum atomic E-state index is 11.1. The van der Waals surface area contributed by atoms with Gasteiger partial charge >= 0.3 is 0 Å². The molecule has 0 aliphatic carbocycles. The fourth-order valence-corrected chi connectivity index (χ4v) is 1.32. The lowest BCUT2D eigenvalue weighted by atomic mass is 10.1. The molecule has 0 aliphatic rings. The van der Waals surface area contributed by atoms with Gasteiger partial charge in [0.1, 0.15) is 6.10 Å². The van der Waals surface area contributed by atoms with Crippen molar-refractivity contribution in [2.75, 3.05) is 0 Å². The van der Waals surface area contributed by atoms with E-state index in [0.29, 0.717) is 10.7 Å². The van der Waals surface area contributed by atoms with E-state index in [2.05, 4.69) is 10.5 Å². The second-order valence-electron chi connectivity index (χ2n) is 3.33. The number of benzene rings is 1. The average Bonchev–Trinajstić information content (AvgIpc) is 2.25. The molecule has 1 aromatic rings. The number of nitrogens with one attached hydrogen (secondary N) is 1. The van der Waals surface area contributed by atoms with E-state index in [-0.39, 0.29) is 0 Å². The van der Waals surface area contributed by atoms with Crippen LogP contribution in [0.25, 0.3) is 0 Å². The molecule has 1 amide bonds. The Labute approximate surface area is 98.9 Å². The lowest BCUT2D eigenvalue weighted by Crippen LogP contribution is -2.29. The van der Waals surface area contributed by atoms with Crippen LogP contribution in [0.4, 0.5) is 0 Å². The standard InChI is InChI=1S/C11H13ClN2O2/c1-7(13-14-11(16)8(2)15)9-5-3-4-6-10(9)12/h3-6,8,15H,1-2H3,(H,14,16)/b13-7+. The van der Waals surface area contributed by atoms with E-state index in [4.69, 9.17) is 16.7 Å². The van der Waals surface area contributed by atoms with Crippen LogP contribution in [0.2, 0.25) is 5.02 Å². The number of carbonyl (C=O) groups is 1. The number of halogens is 1. The van der Waals surface area contributed by atoms with Gasteiger partial charge in [-0.2, -0.15) is 5.10 Å². The summed E-state index contributed by atoms with van der Waals surface area (Å²) >= 11 is 5.95. The summed E-state index contributed by atoms with van der Waals surface area (Å²) < 4.78 is 0. The van der Waals surface area contributed by atoms with Crippen molar-refractivity contribution < 1.29 is 9.90 Å². The molecular formula is C11H13ClN2O2. The third kappa shape index (κ3) is 3.32. The van der Waals surface area contributed by atoms with Crippen molar-refractivity contribution in [2.45, 2.75) is 20.0 Å². The lowest BCUT2D eigenvalue weighted by molar-refractivity contribution is -0.128. The average molecular weight is 241 g/mol. The van der Waals surface area contributed by atoms with Gasteiger partial charge in [0.2, 0.25) is 0 Å². The van der Waals surface area contributed by atoms with Crippen LogP contribution < -0.4 is 5.43 Å². The minimum absolute atomic E-state index is 0.550. The van der Waals surface area contributed by atoms with Crippen LogP contribution in [0, 0.1) is 0 Å². The van der Waals surface area contributed by atoms with Gasteiger partial charge in [-0.25, -0.2) is 5.43 Å². The first kappa shape index (κ1) is 12.7. The highest BCUT2D eigenvalue weighted by Gasteiger charge is 2.08. The van der Waals surface area contributed by atoms with Crippen molar-refractivity contribution >= 4 is 23.2 Å². The summed E-state index contributed by atoms with van der Waals surface area (Å²) in [5.74, 6) is -0.550. The SMILES string of the molecule is C/C(=N\NC(=O)C(C)O)c1ccccc1Cl. The zero-order valence-corrected chi connectivity index (χ0v) is 9.82. The van der Waals surface area contributed by atoms with Gasteiger partial charge in [-0.1, -0.05) is 29.8 Å². The van der Waals surface area contributed by atoms with E-state index in [9.17, 15) is 4.79 Å². The van der Waals surface area contributed by atoms with Crippen molar-refractivity contribution in [1.29, 1.82) is 0 Å². The van der Waals surface area contributed by atoms with E-state index in [0.717, 1.165) is 5.56 Å². The highest BCUT2D eigenvalue weighted by Crippen LogP contribution is 2.15. The Bertz CT molecular complexity index is 416. The first-order valence-corrected chi connectivity index (χ1v) is 5.17. The maximum absolute atomic E-state index is 11.1. The number of hydrazone groups is 1. The normalized spacial score (nSPS) is 13.4. The molecule has 4 nitrogen and oxygen atoms in total. The molecule has 5 heteroatoms. The Balaban J connectivity index is 2.79. The predicted molar refractivity (Wildman–Crippen MR) is 63.5 cm³/mol. The van der Waals surface area contributed by atoms with E-state index >= 15 is 0 Å². The summed E-state index contributed by atoms with van der Waals surface area (Å²) in [7, 11) is 0. The minimum atomic E-state index is -1.08. The predicted octanol–water partition coefficient (Wildman–Crippen LogP) is 1.56. The van der Waals surface area contributed by atoms with Crippen LogP contribution >= 0.6 is 11.6 Å². The molecule has 0 fully saturated rings. The van der Waals surface area contributed by atoms with Crippen LogP contribution in [0.3, 0.4) is 0 Å². The Morgan fingerprint density at radius 1 is 1.50 bits per heavy atom. The van der Waals surface area contributed by atoms with E-state index < -0.39 is 12.0 Å². The Morgan fingerprint density at radius 2 is 2.12 bits per heavy atom. The Kier molecular flexibility index (Phi) is 4.46. The zero-order valence-electron chi connectivity index (χ0n) is 9.07. The smallest absolute Gasteiger partial charge is 0.268 e. The monoisotopic (exact) mass is 240 g/mol. The van der Waals surface area contributed by atoms with E-state index in [1.807, 2.05) is 12.1 Å². The maximum Gasteiger partial charge on any atom is 0.268 e. The highest BCUT2D eigenvalue weighted by molar-refractivity contribution is 6.34. The molecule has 1 rings (SSSR count). The first-order valence-electron chi connectivity index (χ1n) is 4.79. The fraction of sp³-hybridized carbons (Fsp3) is 0.273. The lowest BCUT2D eigenvalue weighted by Gasteiger charge is -2.05. The zero-order chi connectivity index (χ0) is 12.1. The number of nitrogens with zero attached hydrogens (tertiary/aromatic N) is 1. The molecule has 0 saturated heterocycles. The van der Waals surface area contributed by atoms with Crippen LogP contribution in [0.1, 0.15) is 19.4 Å². The summed E-state index contributed by atoms with van der Waals surface area (Å²) in [5.41, 5.74) is 3.58. The molecule has 86 valence electrons. The van der Waals surface area contributed by atoms with Gasteiger partial charge < -0.3 is 5.11 Å². The Morgan fingerprint density at radius 3 is 2.69 bits per heavy atom. The molecule has 16 heavy (non-hydrogen) atoms. The molecule has 1 atom stereocenters. The molecule has 0 aliphatic heterocycles. The van der Waals surface area contributed by atoms with Gasteiger partial charge in [0.15, 0.2) is 0 Å². The van der Waals surface area contributed by atoms with Gasteiger partial charge in [-0.15, -0.1) is 0 Å². The fourth-order valence-electron chi connectivity index (χ4n) is 1.05. The second-order valence-corrected chi connectivity index (χ2v) is 3.74. The summed E-state index contributed by atoms with van der Waals surface area (Å²) in [6.45, 7) is 3.10. The molecule has 0 saturated carbocycles. The van der Waals surface area contributed by atoms with Crippen LogP contribution in [0.15, 0.2) is 29.4 Å². The second kappa shape index (κ2) is 5.63. The largest absolute Gasteiger partial charge is 0.383 e. The van der Waals surface area contributed by atoms with Crippen molar-refractivity contribution in [1.82, 2.24) is 5.43 Å². The number of amides is 1. The molecule has 0 spiro atoms. The first-order chi connectivity index (χ1) is 7.52. The molecule has 0 aromatic heterocycles. The van der Waals surface area contributed by atoms with Gasteiger partial charge in [-0.3, -0.25) is 4.79 Å². The van der Waals surface area contributed by atoms with E-state index in [1.165, 1.54) is 6.92 Å². The van der Waals surface area contributed by atoms with Gasteiger partial charge in [-0.05, 0) is 19.9 Å². The molecule has 1 aromatic carbocycles. The molecule has 0 heterocycles. The summed E-state index contributed by atoms with van der Waals surface area (Å²) in [6, 6.07) is 7.19. The highest BCUT2D eigenvalue weighted by atomic mass is 35.5. The molecule has 0 radical (unpaired) electrons.